The number of piperidine rings is 1. The van der Waals surface area contributed by atoms with Crippen LogP contribution in [-0.2, 0) is 17.8 Å². The van der Waals surface area contributed by atoms with E-state index in [1.54, 1.807) is 0 Å². The zero-order valence-electron chi connectivity index (χ0n) is 13.9. The number of aromatic nitrogens is 1. The van der Waals surface area contributed by atoms with Crippen molar-refractivity contribution < 1.29 is 4.79 Å². The normalized spacial score (nSPS) is 26.5. The topological polar surface area (TPSA) is 60.0 Å². The maximum absolute atomic E-state index is 11.6. The number of hydrogen-bond donors (Lipinski definition) is 2. The summed E-state index contributed by atoms with van der Waals surface area (Å²) in [5.41, 5.74) is 9.74. The summed E-state index contributed by atoms with van der Waals surface area (Å²) in [6.07, 6.45) is 4.27. The van der Waals surface area contributed by atoms with Crippen LogP contribution in [0.1, 0.15) is 37.3 Å². The highest BCUT2D eigenvalue weighted by Gasteiger charge is 2.38. The third kappa shape index (κ3) is 2.36. The number of primary amides is 1. The summed E-state index contributed by atoms with van der Waals surface area (Å²) in [6, 6.07) is 7.06. The zero-order chi connectivity index (χ0) is 16.1. The largest absolute Gasteiger partial charge is 0.369 e. The van der Waals surface area contributed by atoms with Gasteiger partial charge in [0.1, 0.15) is 0 Å². The van der Waals surface area contributed by atoms with Crippen LogP contribution < -0.4 is 11.1 Å². The second-order valence-electron chi connectivity index (χ2n) is 7.60. The molecule has 1 saturated heterocycles. The van der Waals surface area contributed by atoms with E-state index in [1.165, 1.54) is 22.0 Å². The number of fused-ring (bicyclic) bond motifs is 2. The summed E-state index contributed by atoms with van der Waals surface area (Å²) < 4.78 is 2.40. The van der Waals surface area contributed by atoms with E-state index in [-0.39, 0.29) is 11.8 Å². The Morgan fingerprint density at radius 1 is 1.43 bits per heavy atom. The molecule has 0 spiro atoms. The van der Waals surface area contributed by atoms with Crippen molar-refractivity contribution in [2.45, 2.75) is 45.2 Å². The van der Waals surface area contributed by atoms with E-state index in [0.717, 1.165) is 19.4 Å². The molecular weight excluding hydrogens is 286 g/mol. The predicted molar refractivity (Wildman–Crippen MR) is 92.3 cm³/mol. The minimum Gasteiger partial charge on any atom is -0.369 e. The number of nitrogens with two attached hydrogens (primary N) is 1. The molecule has 2 aromatic rings. The summed E-state index contributed by atoms with van der Waals surface area (Å²) in [6.45, 7) is 6.28. The first-order valence-corrected chi connectivity index (χ1v) is 8.68. The molecule has 1 amide bonds. The molecule has 3 N–H and O–H groups in total. The van der Waals surface area contributed by atoms with Crippen LogP contribution in [0.5, 0.6) is 0 Å². The van der Waals surface area contributed by atoms with Crippen molar-refractivity contribution in [3.05, 3.63) is 35.5 Å². The van der Waals surface area contributed by atoms with Gasteiger partial charge in [0, 0.05) is 42.1 Å². The van der Waals surface area contributed by atoms with E-state index in [9.17, 15) is 4.79 Å². The fourth-order valence-electron chi connectivity index (χ4n) is 4.48. The molecule has 122 valence electrons. The average Bonchev–Trinajstić information content (AvgIpc) is 2.85. The van der Waals surface area contributed by atoms with Gasteiger partial charge in [-0.1, -0.05) is 26.0 Å². The second-order valence-corrected chi connectivity index (χ2v) is 7.60. The van der Waals surface area contributed by atoms with Gasteiger partial charge in [-0.3, -0.25) is 4.79 Å². The number of rotatable bonds is 3. The number of amides is 1. The second kappa shape index (κ2) is 5.38. The minimum atomic E-state index is -0.175. The molecule has 1 fully saturated rings. The van der Waals surface area contributed by atoms with Gasteiger partial charge in [0.25, 0.3) is 0 Å². The maximum Gasteiger partial charge on any atom is 0.221 e. The van der Waals surface area contributed by atoms with Crippen LogP contribution in [0.4, 0.5) is 0 Å². The van der Waals surface area contributed by atoms with Crippen molar-refractivity contribution in [3.63, 3.8) is 0 Å². The molecule has 0 bridgehead atoms. The van der Waals surface area contributed by atoms with Crippen LogP contribution in [0.3, 0.4) is 0 Å². The molecule has 4 nitrogen and oxygen atoms in total. The first-order valence-electron chi connectivity index (χ1n) is 8.68. The summed E-state index contributed by atoms with van der Waals surface area (Å²) in [5.74, 6) is 0.798. The zero-order valence-corrected chi connectivity index (χ0v) is 13.9. The molecule has 0 radical (unpaired) electrons. The molecule has 4 rings (SSSR count). The molecular formula is C19H25N3O. The Balaban J connectivity index is 1.80. The molecule has 1 aliphatic carbocycles. The molecule has 1 aromatic heterocycles. The van der Waals surface area contributed by atoms with Gasteiger partial charge < -0.3 is 15.6 Å². The Morgan fingerprint density at radius 2 is 2.26 bits per heavy atom. The van der Waals surface area contributed by atoms with Crippen LogP contribution in [0.15, 0.2) is 24.4 Å². The van der Waals surface area contributed by atoms with Crippen LogP contribution in [-0.4, -0.2) is 23.1 Å². The van der Waals surface area contributed by atoms with E-state index in [1.807, 2.05) is 0 Å². The van der Waals surface area contributed by atoms with Gasteiger partial charge in [-0.05, 0) is 36.0 Å². The van der Waals surface area contributed by atoms with E-state index in [4.69, 9.17) is 5.73 Å². The SMILES string of the molecule is CC(C)Cn1cc2c3c(cccc31)[C@H]1CC(C(N)=O)CN[C@@H]1C2. The summed E-state index contributed by atoms with van der Waals surface area (Å²) in [4.78, 5) is 11.6. The van der Waals surface area contributed by atoms with E-state index in [2.05, 4.69) is 48.1 Å². The monoisotopic (exact) mass is 311 g/mol. The fourth-order valence-corrected chi connectivity index (χ4v) is 4.48. The van der Waals surface area contributed by atoms with Gasteiger partial charge in [-0.25, -0.2) is 0 Å². The number of nitrogens with zero attached hydrogens (tertiary/aromatic N) is 1. The van der Waals surface area contributed by atoms with Gasteiger partial charge in [0.05, 0.1) is 5.92 Å². The van der Waals surface area contributed by atoms with Gasteiger partial charge in [-0.15, -0.1) is 0 Å². The predicted octanol–water partition coefficient (Wildman–Crippen LogP) is 2.40. The summed E-state index contributed by atoms with van der Waals surface area (Å²) in [7, 11) is 0. The van der Waals surface area contributed by atoms with Gasteiger partial charge in [0.2, 0.25) is 5.91 Å². The number of hydrogen-bond acceptors (Lipinski definition) is 2. The standard InChI is InChI=1S/C19H25N3O/c1-11(2)9-22-10-13-7-16-15(6-12(8-21-16)19(20)23)14-4-3-5-17(22)18(13)14/h3-5,10-12,15-16,21H,6-9H2,1-2H3,(H2,20,23)/t12?,15-,16-/m1/s1. The van der Waals surface area contributed by atoms with Crippen molar-refractivity contribution in [1.29, 1.82) is 0 Å². The Bertz CT molecular complexity index is 761. The quantitative estimate of drug-likeness (QED) is 0.914. The Morgan fingerprint density at radius 3 is 3.00 bits per heavy atom. The molecule has 1 aromatic carbocycles. The highest BCUT2D eigenvalue weighted by molar-refractivity contribution is 5.89. The first-order chi connectivity index (χ1) is 11.0. The number of benzene rings is 1. The first kappa shape index (κ1) is 14.8. The van der Waals surface area contributed by atoms with Gasteiger partial charge in [0.15, 0.2) is 0 Å². The minimum absolute atomic E-state index is 0.0502. The molecule has 3 atom stereocenters. The van der Waals surface area contributed by atoms with Crippen molar-refractivity contribution in [2.24, 2.45) is 17.6 Å². The van der Waals surface area contributed by atoms with Crippen molar-refractivity contribution in [2.75, 3.05) is 6.54 Å². The molecule has 23 heavy (non-hydrogen) atoms. The van der Waals surface area contributed by atoms with Crippen LogP contribution in [0, 0.1) is 11.8 Å². The number of nitrogens with one attached hydrogen (secondary N) is 1. The lowest BCUT2D eigenvalue weighted by Crippen LogP contribution is -2.49. The third-order valence-electron chi connectivity index (χ3n) is 5.47. The summed E-state index contributed by atoms with van der Waals surface area (Å²) in [5, 5.41) is 4.99. The van der Waals surface area contributed by atoms with Crippen LogP contribution in [0.2, 0.25) is 0 Å². The van der Waals surface area contributed by atoms with Gasteiger partial charge >= 0.3 is 0 Å². The van der Waals surface area contributed by atoms with E-state index >= 15 is 0 Å². The van der Waals surface area contributed by atoms with E-state index in [0.29, 0.717) is 24.4 Å². The molecule has 2 aliphatic rings. The van der Waals surface area contributed by atoms with Crippen LogP contribution >= 0.6 is 0 Å². The Hall–Kier alpha value is -1.81. The average molecular weight is 311 g/mol. The lowest BCUT2D eigenvalue weighted by atomic mass is 9.73. The maximum atomic E-state index is 11.6. The fraction of sp³-hybridized carbons (Fsp3) is 0.526. The Labute approximate surface area is 137 Å². The van der Waals surface area contributed by atoms with Crippen molar-refractivity contribution in [1.82, 2.24) is 9.88 Å². The lowest BCUT2D eigenvalue weighted by molar-refractivity contribution is -0.122. The highest BCUT2D eigenvalue weighted by atomic mass is 16.1. The smallest absolute Gasteiger partial charge is 0.221 e. The van der Waals surface area contributed by atoms with Gasteiger partial charge in [-0.2, -0.15) is 0 Å². The molecule has 4 heteroatoms. The van der Waals surface area contributed by atoms with Crippen LogP contribution in [0.25, 0.3) is 10.9 Å². The molecule has 1 unspecified atom stereocenters. The number of carbonyl (C=O) groups excluding carboxylic acids is 1. The van der Waals surface area contributed by atoms with Crippen molar-refractivity contribution in [3.8, 4) is 0 Å². The number of carbonyl (C=O) groups is 1. The third-order valence-corrected chi connectivity index (χ3v) is 5.47. The molecule has 2 heterocycles. The highest BCUT2D eigenvalue weighted by Crippen LogP contribution is 2.42. The lowest BCUT2D eigenvalue weighted by Gasteiger charge is -2.39. The molecule has 1 aliphatic heterocycles. The Kier molecular flexibility index (Phi) is 3.45. The van der Waals surface area contributed by atoms with E-state index < -0.39 is 0 Å². The molecule has 0 saturated carbocycles. The summed E-state index contributed by atoms with van der Waals surface area (Å²) >= 11 is 0. The van der Waals surface area contributed by atoms with Crippen molar-refractivity contribution >= 4 is 16.8 Å².